The Morgan fingerprint density at radius 3 is 2.36 bits per heavy atom. The summed E-state index contributed by atoms with van der Waals surface area (Å²) in [5, 5.41) is 11.1. The molecule has 0 bridgehead atoms. The minimum atomic E-state index is -4.56. The Morgan fingerprint density at radius 1 is 1.04 bits per heavy atom. The molecule has 2 aromatic heterocycles. The van der Waals surface area contributed by atoms with Crippen molar-refractivity contribution in [2.24, 2.45) is 0 Å². The van der Waals surface area contributed by atoms with E-state index in [9.17, 15) is 26.3 Å². The van der Waals surface area contributed by atoms with E-state index in [1.54, 1.807) is 6.92 Å². The highest BCUT2D eigenvalue weighted by atomic mass is 19.4. The molecule has 3 rings (SSSR count). The molecule has 0 amide bonds. The van der Waals surface area contributed by atoms with Gasteiger partial charge < -0.3 is 4.42 Å². The van der Waals surface area contributed by atoms with E-state index in [-0.39, 0.29) is 23.9 Å². The Morgan fingerprint density at radius 2 is 1.75 bits per heavy atom. The van der Waals surface area contributed by atoms with Gasteiger partial charge in [0.25, 0.3) is 0 Å². The molecule has 3 aromatic rings. The summed E-state index contributed by atoms with van der Waals surface area (Å²) in [5.41, 5.74) is -1.47. The van der Waals surface area contributed by atoms with Crippen molar-refractivity contribution >= 4 is 0 Å². The van der Waals surface area contributed by atoms with E-state index in [1.165, 1.54) is 23.7 Å². The van der Waals surface area contributed by atoms with Crippen LogP contribution in [0.5, 0.6) is 0 Å². The van der Waals surface area contributed by atoms with Crippen LogP contribution in [0, 0.1) is 6.92 Å². The molecule has 0 aliphatic carbocycles. The zero-order valence-electron chi connectivity index (χ0n) is 14.6. The number of hydrogen-bond acceptors (Lipinski definition) is 4. The average Bonchev–Trinajstić information content (AvgIpc) is 3.22. The van der Waals surface area contributed by atoms with E-state index < -0.39 is 29.5 Å². The molecule has 0 fully saturated rings. The molecule has 0 N–H and O–H groups in total. The lowest BCUT2D eigenvalue weighted by Gasteiger charge is -2.09. The summed E-state index contributed by atoms with van der Waals surface area (Å²) < 4.78 is 83.3. The second-order valence-electron chi connectivity index (χ2n) is 6.28. The minimum Gasteiger partial charge on any atom is -0.420 e. The van der Waals surface area contributed by atoms with Crippen LogP contribution in [0.4, 0.5) is 26.3 Å². The fourth-order valence-corrected chi connectivity index (χ4v) is 2.55. The lowest BCUT2D eigenvalue weighted by atomic mass is 10.1. The summed E-state index contributed by atoms with van der Waals surface area (Å²) in [6.07, 6.45) is -9.07. The topological polar surface area (TPSA) is 56.7 Å². The maximum absolute atomic E-state index is 12.8. The molecule has 1 aromatic carbocycles. The molecule has 28 heavy (non-hydrogen) atoms. The summed E-state index contributed by atoms with van der Waals surface area (Å²) in [6.45, 7) is 3.15. The number of nitrogens with zero attached hydrogens (tertiary/aromatic N) is 4. The van der Waals surface area contributed by atoms with Crippen LogP contribution in [0.1, 0.15) is 35.7 Å². The van der Waals surface area contributed by atoms with Crippen LogP contribution in [-0.4, -0.2) is 20.0 Å². The third-order valence-corrected chi connectivity index (χ3v) is 4.02. The van der Waals surface area contributed by atoms with Gasteiger partial charge in [0.05, 0.1) is 18.0 Å². The van der Waals surface area contributed by atoms with Gasteiger partial charge in [-0.25, -0.2) is 0 Å². The second kappa shape index (κ2) is 6.95. The van der Waals surface area contributed by atoms with Gasteiger partial charge in [-0.05, 0) is 31.2 Å². The van der Waals surface area contributed by atoms with Crippen molar-refractivity contribution in [1.82, 2.24) is 20.0 Å². The molecule has 0 aliphatic rings. The Kier molecular flexibility index (Phi) is 4.94. The molecule has 2 heterocycles. The monoisotopic (exact) mass is 404 g/mol. The highest BCUT2D eigenvalue weighted by Crippen LogP contribution is 2.32. The first-order valence-corrected chi connectivity index (χ1v) is 8.08. The lowest BCUT2D eigenvalue weighted by Crippen LogP contribution is -2.12. The van der Waals surface area contributed by atoms with Gasteiger partial charge in [0.2, 0.25) is 11.8 Å². The molecule has 0 radical (unpaired) electrons. The zero-order valence-corrected chi connectivity index (χ0v) is 14.6. The van der Waals surface area contributed by atoms with E-state index in [0.29, 0.717) is 5.69 Å². The molecule has 11 heteroatoms. The van der Waals surface area contributed by atoms with Crippen molar-refractivity contribution in [3.63, 3.8) is 0 Å². The first-order valence-electron chi connectivity index (χ1n) is 8.08. The van der Waals surface area contributed by atoms with Gasteiger partial charge in [-0.3, -0.25) is 4.68 Å². The van der Waals surface area contributed by atoms with Gasteiger partial charge in [-0.2, -0.15) is 31.4 Å². The van der Waals surface area contributed by atoms with Crippen LogP contribution in [0.3, 0.4) is 0 Å². The molecule has 1 atom stereocenters. The van der Waals surface area contributed by atoms with Crippen molar-refractivity contribution in [1.29, 1.82) is 0 Å². The fourth-order valence-electron chi connectivity index (χ4n) is 2.55. The Balaban J connectivity index is 1.80. The molecule has 0 spiro atoms. The molecule has 5 nitrogen and oxygen atoms in total. The van der Waals surface area contributed by atoms with Gasteiger partial charge in [0, 0.05) is 11.3 Å². The lowest BCUT2D eigenvalue weighted by molar-refractivity contribution is -0.141. The van der Waals surface area contributed by atoms with Crippen molar-refractivity contribution in [3.8, 4) is 11.5 Å². The second-order valence-corrected chi connectivity index (χ2v) is 6.28. The van der Waals surface area contributed by atoms with E-state index in [0.717, 1.165) is 18.2 Å². The quantitative estimate of drug-likeness (QED) is 0.569. The van der Waals surface area contributed by atoms with Crippen molar-refractivity contribution in [2.75, 3.05) is 0 Å². The maximum Gasteiger partial charge on any atom is 0.435 e. The van der Waals surface area contributed by atoms with Crippen LogP contribution >= 0.6 is 0 Å². The van der Waals surface area contributed by atoms with E-state index in [1.807, 2.05) is 0 Å². The Labute approximate surface area is 155 Å². The number of alkyl halides is 6. The zero-order chi connectivity index (χ0) is 20.7. The van der Waals surface area contributed by atoms with E-state index >= 15 is 0 Å². The summed E-state index contributed by atoms with van der Waals surface area (Å²) in [7, 11) is 0. The Bertz CT molecular complexity index is 973. The number of halogens is 6. The molecule has 0 aliphatic heterocycles. The maximum atomic E-state index is 12.8. The summed E-state index contributed by atoms with van der Waals surface area (Å²) in [5.74, 6) is -0.538. The van der Waals surface area contributed by atoms with Crippen LogP contribution in [0.15, 0.2) is 34.7 Å². The van der Waals surface area contributed by atoms with Gasteiger partial charge in [-0.1, -0.05) is 13.0 Å². The average molecular weight is 404 g/mol. The first-order chi connectivity index (χ1) is 12.9. The number of aryl methyl sites for hydroxylation is 1. The standard InChI is InChI=1S/C17H14F6N4O/c1-9(8-27-10(2)6-13(26-27)17(21,22)23)14-24-25-15(28-14)11-4-3-5-12(7-11)16(18,19)20/h3-7,9H,8H2,1-2H3. The van der Waals surface area contributed by atoms with Gasteiger partial charge >= 0.3 is 12.4 Å². The molecule has 0 saturated heterocycles. The SMILES string of the molecule is Cc1cc(C(F)(F)F)nn1CC(C)c1nnc(-c2cccc(C(F)(F)F)c2)o1. The van der Waals surface area contributed by atoms with Crippen LogP contribution in [0.2, 0.25) is 0 Å². The third kappa shape index (κ3) is 4.18. The number of rotatable bonds is 4. The molecule has 0 saturated carbocycles. The summed E-state index contributed by atoms with van der Waals surface area (Å²) >= 11 is 0. The fraction of sp³-hybridized carbons (Fsp3) is 0.353. The Hall–Kier alpha value is -2.85. The largest absolute Gasteiger partial charge is 0.435 e. The molecular formula is C17H14F6N4O. The minimum absolute atomic E-state index is 0.0339. The third-order valence-electron chi connectivity index (χ3n) is 4.02. The highest BCUT2D eigenvalue weighted by molar-refractivity contribution is 5.54. The van der Waals surface area contributed by atoms with Gasteiger partial charge in [-0.15, -0.1) is 10.2 Å². The highest BCUT2D eigenvalue weighted by Gasteiger charge is 2.35. The number of aromatic nitrogens is 4. The summed E-state index contributed by atoms with van der Waals surface area (Å²) in [4.78, 5) is 0. The number of hydrogen-bond donors (Lipinski definition) is 0. The molecule has 1 unspecified atom stereocenters. The van der Waals surface area contributed by atoms with Gasteiger partial charge in [0.15, 0.2) is 5.69 Å². The van der Waals surface area contributed by atoms with Crippen molar-refractivity contribution in [3.05, 3.63) is 53.2 Å². The van der Waals surface area contributed by atoms with Crippen LogP contribution < -0.4 is 0 Å². The predicted octanol–water partition coefficient (Wildman–Crippen LogP) is 5.08. The van der Waals surface area contributed by atoms with Crippen LogP contribution in [0.25, 0.3) is 11.5 Å². The van der Waals surface area contributed by atoms with Crippen LogP contribution in [-0.2, 0) is 18.9 Å². The predicted molar refractivity (Wildman–Crippen MR) is 85.1 cm³/mol. The smallest absolute Gasteiger partial charge is 0.420 e. The van der Waals surface area contributed by atoms with E-state index in [4.69, 9.17) is 4.42 Å². The number of benzene rings is 1. The van der Waals surface area contributed by atoms with Gasteiger partial charge in [0.1, 0.15) is 0 Å². The first kappa shape index (κ1) is 19.9. The van der Waals surface area contributed by atoms with E-state index in [2.05, 4.69) is 15.3 Å². The molecular weight excluding hydrogens is 390 g/mol. The molecule has 150 valence electrons. The summed E-state index contributed by atoms with van der Waals surface area (Å²) in [6, 6.07) is 5.34. The van der Waals surface area contributed by atoms with Crippen molar-refractivity contribution < 1.29 is 30.8 Å². The van der Waals surface area contributed by atoms with Crippen molar-refractivity contribution in [2.45, 2.75) is 38.7 Å². The normalized spacial score (nSPS) is 13.7.